The number of nitrogens with one attached hydrogen (secondary N) is 2. The molecule has 0 bridgehead atoms. The van der Waals surface area contributed by atoms with E-state index in [4.69, 9.17) is 4.74 Å². The summed E-state index contributed by atoms with van der Waals surface area (Å²) in [6.45, 7) is 8.10. The molecule has 1 atom stereocenters. The maximum Gasteiger partial charge on any atom is 0.191 e. The summed E-state index contributed by atoms with van der Waals surface area (Å²) in [5.41, 5.74) is 2.42. The van der Waals surface area contributed by atoms with Crippen molar-refractivity contribution in [3.05, 3.63) is 45.4 Å². The largest absolute Gasteiger partial charge is 0.497 e. The number of thiazole rings is 1. The lowest BCUT2D eigenvalue weighted by molar-refractivity contribution is 0.245. The number of ether oxygens (including phenoxy) is 1. The third-order valence-corrected chi connectivity index (χ3v) is 6.58. The number of aliphatic imine (C=N–C) groups is 1. The lowest BCUT2D eigenvalue weighted by Gasteiger charge is -2.29. The van der Waals surface area contributed by atoms with Gasteiger partial charge in [0.25, 0.3) is 0 Å². The molecule has 6 nitrogen and oxygen atoms in total. The van der Waals surface area contributed by atoms with Crippen molar-refractivity contribution in [1.82, 2.24) is 20.5 Å². The van der Waals surface area contributed by atoms with Gasteiger partial charge in [-0.1, -0.05) is 12.1 Å². The molecule has 1 unspecified atom stereocenters. The van der Waals surface area contributed by atoms with Gasteiger partial charge in [-0.3, -0.25) is 9.89 Å². The number of guanidine groups is 1. The molecule has 0 spiro atoms. The fourth-order valence-corrected chi connectivity index (χ4v) is 4.64. The highest BCUT2D eigenvalue weighted by molar-refractivity contribution is 7.11. The van der Waals surface area contributed by atoms with Gasteiger partial charge in [0.05, 0.1) is 23.9 Å². The molecule has 7 heteroatoms. The normalized spacial score (nSPS) is 16.1. The number of likely N-dealkylation sites (tertiary alicyclic amines) is 1. The van der Waals surface area contributed by atoms with Gasteiger partial charge in [0.15, 0.2) is 5.96 Å². The average Bonchev–Trinajstić information content (AvgIpc) is 3.37. The van der Waals surface area contributed by atoms with Crippen molar-refractivity contribution in [1.29, 1.82) is 0 Å². The molecule has 2 heterocycles. The Hall–Kier alpha value is -2.12. The summed E-state index contributed by atoms with van der Waals surface area (Å²) >= 11 is 1.78. The molecule has 1 aromatic heterocycles. The third kappa shape index (κ3) is 5.93. The summed E-state index contributed by atoms with van der Waals surface area (Å²) in [6.07, 6.45) is 3.44. The van der Waals surface area contributed by atoms with Crippen molar-refractivity contribution in [2.45, 2.75) is 39.2 Å². The zero-order chi connectivity index (χ0) is 20.6. The number of hydrogen-bond donors (Lipinski definition) is 2. The summed E-state index contributed by atoms with van der Waals surface area (Å²) < 4.78 is 5.44. The first-order chi connectivity index (χ1) is 14.1. The number of rotatable bonds is 8. The van der Waals surface area contributed by atoms with Crippen molar-refractivity contribution in [3.8, 4) is 5.75 Å². The molecule has 0 aliphatic carbocycles. The highest BCUT2D eigenvalue weighted by Gasteiger charge is 2.24. The molecule has 0 amide bonds. The number of hydrogen-bond acceptors (Lipinski definition) is 5. The van der Waals surface area contributed by atoms with E-state index in [1.165, 1.54) is 28.3 Å². The molecule has 158 valence electrons. The van der Waals surface area contributed by atoms with Gasteiger partial charge in [0, 0.05) is 31.4 Å². The van der Waals surface area contributed by atoms with Gasteiger partial charge in [0.2, 0.25) is 0 Å². The van der Waals surface area contributed by atoms with Crippen LogP contribution < -0.4 is 15.4 Å². The van der Waals surface area contributed by atoms with E-state index < -0.39 is 0 Å². The van der Waals surface area contributed by atoms with E-state index >= 15 is 0 Å². The Balaban J connectivity index is 1.58. The van der Waals surface area contributed by atoms with Crippen LogP contribution in [-0.4, -0.2) is 56.2 Å². The SMILES string of the molecule is CN=C(NCCc1nc(C)c(C)s1)NCC(c1cccc(OC)c1)N1CCCC1. The summed E-state index contributed by atoms with van der Waals surface area (Å²) in [5, 5.41) is 8.13. The third-order valence-electron chi connectivity index (χ3n) is 5.45. The fourth-order valence-electron chi connectivity index (χ4n) is 3.71. The zero-order valence-corrected chi connectivity index (χ0v) is 18.8. The van der Waals surface area contributed by atoms with Gasteiger partial charge < -0.3 is 15.4 Å². The van der Waals surface area contributed by atoms with E-state index in [2.05, 4.69) is 57.6 Å². The molecule has 1 aromatic carbocycles. The maximum absolute atomic E-state index is 5.44. The molecule has 1 aliphatic heterocycles. The van der Waals surface area contributed by atoms with Gasteiger partial charge in [-0.05, 0) is 57.5 Å². The van der Waals surface area contributed by atoms with Crippen molar-refractivity contribution in [2.75, 3.05) is 40.3 Å². The monoisotopic (exact) mass is 415 g/mol. The van der Waals surface area contributed by atoms with Crippen molar-refractivity contribution in [3.63, 3.8) is 0 Å². The molecule has 0 saturated carbocycles. The molecule has 1 fully saturated rings. The van der Waals surface area contributed by atoms with E-state index in [9.17, 15) is 0 Å². The van der Waals surface area contributed by atoms with Crippen molar-refractivity contribution >= 4 is 17.3 Å². The predicted molar refractivity (Wildman–Crippen MR) is 121 cm³/mol. The quantitative estimate of drug-likeness (QED) is 0.512. The molecule has 1 saturated heterocycles. The molecular formula is C22H33N5OS. The van der Waals surface area contributed by atoms with Gasteiger partial charge in [-0.15, -0.1) is 11.3 Å². The van der Waals surface area contributed by atoms with Crippen LogP contribution in [0.1, 0.15) is 40.0 Å². The Labute approximate surface area is 178 Å². The van der Waals surface area contributed by atoms with E-state index in [1.807, 2.05) is 13.1 Å². The Morgan fingerprint density at radius 3 is 2.72 bits per heavy atom. The van der Waals surface area contributed by atoms with Gasteiger partial charge in [-0.25, -0.2) is 4.98 Å². The molecule has 29 heavy (non-hydrogen) atoms. The molecule has 1 aliphatic rings. The number of benzene rings is 1. The summed E-state index contributed by atoms with van der Waals surface area (Å²) in [6, 6.07) is 8.71. The number of methoxy groups -OCH3 is 1. The molecule has 2 aromatic rings. The molecular weight excluding hydrogens is 382 g/mol. The van der Waals surface area contributed by atoms with Gasteiger partial charge in [0.1, 0.15) is 5.75 Å². The van der Waals surface area contributed by atoms with Crippen LogP contribution in [0.25, 0.3) is 0 Å². The lowest BCUT2D eigenvalue weighted by Crippen LogP contribution is -2.43. The van der Waals surface area contributed by atoms with Crippen LogP contribution >= 0.6 is 11.3 Å². The van der Waals surface area contributed by atoms with Crippen molar-refractivity contribution < 1.29 is 4.74 Å². The number of aryl methyl sites for hydroxylation is 2. The van der Waals surface area contributed by atoms with E-state index in [1.54, 1.807) is 18.4 Å². The highest BCUT2D eigenvalue weighted by atomic mass is 32.1. The lowest BCUT2D eigenvalue weighted by atomic mass is 10.1. The fraction of sp³-hybridized carbons (Fsp3) is 0.545. The standard InChI is InChI=1S/C22H33N5OS/c1-16-17(2)29-21(26-16)10-11-24-22(23-3)25-15-20(27-12-5-6-13-27)18-8-7-9-19(14-18)28-4/h7-9,14,20H,5-6,10-13,15H2,1-4H3,(H2,23,24,25). The first-order valence-corrected chi connectivity index (χ1v) is 11.2. The smallest absolute Gasteiger partial charge is 0.191 e. The highest BCUT2D eigenvalue weighted by Crippen LogP contribution is 2.27. The minimum Gasteiger partial charge on any atom is -0.497 e. The zero-order valence-electron chi connectivity index (χ0n) is 18.0. The van der Waals surface area contributed by atoms with Crippen LogP contribution in [0.5, 0.6) is 5.75 Å². The minimum atomic E-state index is 0.301. The molecule has 3 rings (SSSR count). The van der Waals surface area contributed by atoms with Crippen LogP contribution in [0, 0.1) is 13.8 Å². The van der Waals surface area contributed by atoms with Gasteiger partial charge in [-0.2, -0.15) is 0 Å². The predicted octanol–water partition coefficient (Wildman–Crippen LogP) is 3.31. The Morgan fingerprint density at radius 1 is 1.28 bits per heavy atom. The Kier molecular flexibility index (Phi) is 7.89. The van der Waals surface area contributed by atoms with Crippen LogP contribution in [0.4, 0.5) is 0 Å². The van der Waals surface area contributed by atoms with Crippen LogP contribution in [0.2, 0.25) is 0 Å². The maximum atomic E-state index is 5.44. The number of nitrogens with zero attached hydrogens (tertiary/aromatic N) is 3. The second-order valence-corrected chi connectivity index (χ2v) is 8.70. The summed E-state index contributed by atoms with van der Waals surface area (Å²) in [5.74, 6) is 1.74. The number of aromatic nitrogens is 1. The van der Waals surface area contributed by atoms with Gasteiger partial charge >= 0.3 is 0 Å². The first kappa shape index (κ1) is 21.6. The second-order valence-electron chi connectivity index (χ2n) is 7.41. The Bertz CT molecular complexity index is 794. The first-order valence-electron chi connectivity index (χ1n) is 10.4. The minimum absolute atomic E-state index is 0.301. The van der Waals surface area contributed by atoms with Crippen LogP contribution in [-0.2, 0) is 6.42 Å². The van der Waals surface area contributed by atoms with Crippen LogP contribution in [0.3, 0.4) is 0 Å². The molecule has 0 radical (unpaired) electrons. The van der Waals surface area contributed by atoms with E-state index in [-0.39, 0.29) is 0 Å². The van der Waals surface area contributed by atoms with Crippen LogP contribution in [0.15, 0.2) is 29.3 Å². The second kappa shape index (κ2) is 10.6. The summed E-state index contributed by atoms with van der Waals surface area (Å²) in [7, 11) is 3.54. The summed E-state index contributed by atoms with van der Waals surface area (Å²) in [4.78, 5) is 12.9. The van der Waals surface area contributed by atoms with Crippen molar-refractivity contribution in [2.24, 2.45) is 4.99 Å². The topological polar surface area (TPSA) is 61.8 Å². The average molecular weight is 416 g/mol. The molecule has 2 N–H and O–H groups in total. The van der Waals surface area contributed by atoms with E-state index in [0.29, 0.717) is 6.04 Å². The van der Waals surface area contributed by atoms with E-state index in [0.717, 1.165) is 50.0 Å². The Morgan fingerprint density at radius 2 is 2.07 bits per heavy atom.